The van der Waals surface area contributed by atoms with E-state index in [1.807, 2.05) is 24.3 Å². The number of nitrogens with zero attached hydrogens (tertiary/aromatic N) is 1. The maximum Gasteiger partial charge on any atom is 0.325 e. The summed E-state index contributed by atoms with van der Waals surface area (Å²) in [4.78, 5) is 41.0. The Bertz CT molecular complexity index is 1060. The van der Waals surface area contributed by atoms with Gasteiger partial charge in [-0.05, 0) is 18.1 Å². The van der Waals surface area contributed by atoms with Gasteiger partial charge in [0.15, 0.2) is 9.84 Å². The Morgan fingerprint density at radius 2 is 2.04 bits per heavy atom. The van der Waals surface area contributed by atoms with Gasteiger partial charge in [0.1, 0.15) is 12.6 Å². The minimum Gasteiger partial charge on any atom is -0.361 e. The smallest absolute Gasteiger partial charge is 0.325 e. The van der Waals surface area contributed by atoms with E-state index in [0.29, 0.717) is 12.8 Å². The number of carbonyl (C=O) groups is 3. The molecule has 0 spiro atoms. The third-order valence-electron chi connectivity index (χ3n) is 5.11. The molecular weight excluding hydrogens is 384 g/mol. The minimum atomic E-state index is -3.12. The summed E-state index contributed by atoms with van der Waals surface area (Å²) in [6.45, 7) is -0.425. The number of sulfone groups is 1. The summed E-state index contributed by atoms with van der Waals surface area (Å²) in [5.74, 6) is -1.08. The molecular formula is C18H20N4O5S. The van der Waals surface area contributed by atoms with Gasteiger partial charge in [-0.25, -0.2) is 13.2 Å². The molecule has 2 atom stereocenters. The standard InChI is InChI=1S/C18H20N4O5S/c23-16(20-12-5-6-28(26,27)10-12)9-22-17(24)15(21-18(22)25)7-11-8-19-14-4-2-1-3-13(11)14/h1-4,8,12,15,19H,5-7,9-10H2,(H,20,23)(H,21,25)/t12-,15-/m0/s1. The Labute approximate surface area is 161 Å². The van der Waals surface area contributed by atoms with Crippen LogP contribution in [0.2, 0.25) is 0 Å². The predicted molar refractivity (Wildman–Crippen MR) is 101 cm³/mol. The second-order valence-electron chi connectivity index (χ2n) is 7.16. The second-order valence-corrected chi connectivity index (χ2v) is 9.39. The number of aromatic nitrogens is 1. The number of benzene rings is 1. The first-order valence-electron chi connectivity index (χ1n) is 8.99. The third kappa shape index (κ3) is 3.59. The predicted octanol–water partition coefficient (Wildman–Crippen LogP) is -0.0659. The maximum atomic E-state index is 12.6. The Morgan fingerprint density at radius 1 is 1.25 bits per heavy atom. The number of hydrogen-bond acceptors (Lipinski definition) is 5. The highest BCUT2D eigenvalue weighted by molar-refractivity contribution is 7.91. The van der Waals surface area contributed by atoms with Crippen LogP contribution in [0, 0.1) is 0 Å². The molecule has 0 aliphatic carbocycles. The molecule has 3 heterocycles. The highest BCUT2D eigenvalue weighted by atomic mass is 32.2. The number of imide groups is 1. The van der Waals surface area contributed by atoms with Gasteiger partial charge >= 0.3 is 6.03 Å². The molecule has 0 bridgehead atoms. The van der Waals surface area contributed by atoms with Crippen molar-refractivity contribution in [1.29, 1.82) is 0 Å². The number of para-hydroxylation sites is 1. The molecule has 2 aromatic rings. The fraction of sp³-hybridized carbons (Fsp3) is 0.389. The zero-order valence-electron chi connectivity index (χ0n) is 15.0. The van der Waals surface area contributed by atoms with Gasteiger partial charge in [0.2, 0.25) is 5.91 Å². The number of amides is 4. The van der Waals surface area contributed by atoms with E-state index in [4.69, 9.17) is 0 Å². The lowest BCUT2D eigenvalue weighted by Crippen LogP contribution is -2.45. The van der Waals surface area contributed by atoms with Crippen molar-refractivity contribution in [2.75, 3.05) is 18.1 Å². The van der Waals surface area contributed by atoms with Gasteiger partial charge < -0.3 is 15.6 Å². The van der Waals surface area contributed by atoms with Crippen molar-refractivity contribution >= 4 is 38.6 Å². The van der Waals surface area contributed by atoms with E-state index in [1.54, 1.807) is 6.20 Å². The van der Waals surface area contributed by atoms with Crippen LogP contribution in [-0.4, -0.2) is 66.3 Å². The average molecular weight is 404 g/mol. The molecule has 4 amide bonds. The van der Waals surface area contributed by atoms with Gasteiger partial charge in [-0.3, -0.25) is 14.5 Å². The van der Waals surface area contributed by atoms with E-state index in [1.165, 1.54) is 0 Å². The van der Waals surface area contributed by atoms with E-state index in [-0.39, 0.29) is 11.5 Å². The number of hydrogen-bond donors (Lipinski definition) is 3. The zero-order chi connectivity index (χ0) is 19.9. The Hall–Kier alpha value is -2.88. The van der Waals surface area contributed by atoms with Crippen LogP contribution in [-0.2, 0) is 25.8 Å². The lowest BCUT2D eigenvalue weighted by molar-refractivity contribution is -0.132. The Morgan fingerprint density at radius 3 is 2.79 bits per heavy atom. The van der Waals surface area contributed by atoms with Gasteiger partial charge in [-0.1, -0.05) is 18.2 Å². The van der Waals surface area contributed by atoms with Gasteiger partial charge in [0.05, 0.1) is 11.5 Å². The summed E-state index contributed by atoms with van der Waals surface area (Å²) in [5.41, 5.74) is 1.84. The molecule has 2 fully saturated rings. The molecule has 9 nitrogen and oxygen atoms in total. The molecule has 1 aromatic heterocycles. The van der Waals surface area contributed by atoms with Crippen molar-refractivity contribution in [3.05, 3.63) is 36.0 Å². The fourth-order valence-corrected chi connectivity index (χ4v) is 5.38. The van der Waals surface area contributed by atoms with Crippen LogP contribution in [0.1, 0.15) is 12.0 Å². The molecule has 2 saturated heterocycles. The second kappa shape index (κ2) is 6.93. The summed E-state index contributed by atoms with van der Waals surface area (Å²) >= 11 is 0. The van der Waals surface area contributed by atoms with E-state index in [0.717, 1.165) is 21.4 Å². The summed E-state index contributed by atoms with van der Waals surface area (Å²) in [5, 5.41) is 6.18. The molecule has 0 radical (unpaired) electrons. The number of fused-ring (bicyclic) bond motifs is 1. The van der Waals surface area contributed by atoms with Crippen molar-refractivity contribution in [2.45, 2.75) is 24.9 Å². The molecule has 2 aliphatic heterocycles. The summed E-state index contributed by atoms with van der Waals surface area (Å²) in [6, 6.07) is 5.82. The molecule has 2 aliphatic rings. The SMILES string of the molecule is O=C(CN1C(=O)N[C@@H](Cc2c[nH]c3ccccc23)C1=O)N[C@H]1CCS(=O)(=O)C1. The number of nitrogens with one attached hydrogen (secondary N) is 3. The van der Waals surface area contributed by atoms with Crippen LogP contribution in [0.3, 0.4) is 0 Å². The van der Waals surface area contributed by atoms with Crippen LogP contribution >= 0.6 is 0 Å². The highest BCUT2D eigenvalue weighted by Crippen LogP contribution is 2.21. The molecule has 148 valence electrons. The summed E-state index contributed by atoms with van der Waals surface area (Å²) in [6.07, 6.45) is 2.46. The number of aromatic amines is 1. The van der Waals surface area contributed by atoms with E-state index < -0.39 is 46.3 Å². The van der Waals surface area contributed by atoms with E-state index in [9.17, 15) is 22.8 Å². The van der Waals surface area contributed by atoms with Crippen LogP contribution in [0.5, 0.6) is 0 Å². The first-order valence-corrected chi connectivity index (χ1v) is 10.8. The summed E-state index contributed by atoms with van der Waals surface area (Å²) in [7, 11) is -3.12. The highest BCUT2D eigenvalue weighted by Gasteiger charge is 2.39. The first-order chi connectivity index (χ1) is 13.3. The minimum absolute atomic E-state index is 0.0355. The molecule has 3 N–H and O–H groups in total. The van der Waals surface area contributed by atoms with Crippen LogP contribution in [0.4, 0.5) is 4.79 Å². The first kappa shape index (κ1) is 18.5. The van der Waals surface area contributed by atoms with Gasteiger partial charge in [0.25, 0.3) is 5.91 Å². The van der Waals surface area contributed by atoms with Crippen molar-refractivity contribution in [3.8, 4) is 0 Å². The zero-order valence-corrected chi connectivity index (χ0v) is 15.8. The molecule has 0 saturated carbocycles. The van der Waals surface area contributed by atoms with Crippen molar-refractivity contribution < 1.29 is 22.8 Å². The van der Waals surface area contributed by atoms with Crippen LogP contribution < -0.4 is 10.6 Å². The monoisotopic (exact) mass is 404 g/mol. The van der Waals surface area contributed by atoms with Crippen molar-refractivity contribution in [2.24, 2.45) is 0 Å². The maximum absolute atomic E-state index is 12.6. The molecule has 1 aromatic carbocycles. The number of urea groups is 1. The van der Waals surface area contributed by atoms with Crippen molar-refractivity contribution in [1.82, 2.24) is 20.5 Å². The largest absolute Gasteiger partial charge is 0.361 e. The number of H-pyrrole nitrogens is 1. The topological polar surface area (TPSA) is 128 Å². The molecule has 0 unspecified atom stereocenters. The van der Waals surface area contributed by atoms with Gasteiger partial charge in [-0.2, -0.15) is 0 Å². The quantitative estimate of drug-likeness (QED) is 0.601. The van der Waals surface area contributed by atoms with Gasteiger partial charge in [-0.15, -0.1) is 0 Å². The van der Waals surface area contributed by atoms with E-state index in [2.05, 4.69) is 15.6 Å². The lowest BCUT2D eigenvalue weighted by Gasteiger charge is -2.15. The molecule has 28 heavy (non-hydrogen) atoms. The van der Waals surface area contributed by atoms with Crippen molar-refractivity contribution in [3.63, 3.8) is 0 Å². The number of rotatable bonds is 5. The molecule has 4 rings (SSSR count). The molecule has 10 heteroatoms. The third-order valence-corrected chi connectivity index (χ3v) is 6.87. The lowest BCUT2D eigenvalue weighted by atomic mass is 10.1. The Balaban J connectivity index is 1.39. The summed E-state index contributed by atoms with van der Waals surface area (Å²) < 4.78 is 23.0. The Kier molecular flexibility index (Phi) is 4.58. The van der Waals surface area contributed by atoms with Crippen LogP contribution in [0.15, 0.2) is 30.5 Å². The van der Waals surface area contributed by atoms with Gasteiger partial charge in [0, 0.05) is 29.6 Å². The normalized spacial score (nSPS) is 23.9. The van der Waals surface area contributed by atoms with E-state index >= 15 is 0 Å². The fourth-order valence-electron chi connectivity index (χ4n) is 3.71. The number of carbonyl (C=O) groups excluding carboxylic acids is 3. The average Bonchev–Trinajstić information content (AvgIpc) is 3.28. The van der Waals surface area contributed by atoms with Crippen LogP contribution in [0.25, 0.3) is 10.9 Å².